The fourth-order valence-corrected chi connectivity index (χ4v) is 3.29. The van der Waals surface area contributed by atoms with E-state index in [1.165, 1.54) is 0 Å². The van der Waals surface area contributed by atoms with Crippen molar-refractivity contribution < 1.29 is 9.47 Å². The lowest BCUT2D eigenvalue weighted by Gasteiger charge is -2.48. The Morgan fingerprint density at radius 1 is 1.33 bits per heavy atom. The van der Waals surface area contributed by atoms with Gasteiger partial charge in [-0.1, -0.05) is 6.92 Å². The number of hydrogen-bond donors (Lipinski definition) is 1. The summed E-state index contributed by atoms with van der Waals surface area (Å²) in [6.07, 6.45) is 5.03. The molecule has 4 nitrogen and oxygen atoms in total. The summed E-state index contributed by atoms with van der Waals surface area (Å²) in [7, 11) is 0. The number of nitrogens with zero attached hydrogens (tertiary/aromatic N) is 1. The SMILES string of the molecule is CCC1CC(CN)(N2CCCOC(C)C2)CCO1. The first kappa shape index (κ1) is 14.3. The van der Waals surface area contributed by atoms with E-state index in [1.807, 2.05) is 0 Å². The Balaban J connectivity index is 2.09. The summed E-state index contributed by atoms with van der Waals surface area (Å²) in [5.74, 6) is 0. The highest BCUT2D eigenvalue weighted by atomic mass is 16.5. The number of nitrogens with two attached hydrogens (primary N) is 1. The van der Waals surface area contributed by atoms with E-state index in [2.05, 4.69) is 18.7 Å². The first-order chi connectivity index (χ1) is 8.70. The van der Waals surface area contributed by atoms with E-state index in [0.29, 0.717) is 12.2 Å². The van der Waals surface area contributed by atoms with Gasteiger partial charge in [-0.15, -0.1) is 0 Å². The topological polar surface area (TPSA) is 47.7 Å². The molecule has 0 spiro atoms. The van der Waals surface area contributed by atoms with Crippen LogP contribution in [0.3, 0.4) is 0 Å². The third-order valence-electron chi connectivity index (χ3n) is 4.49. The first-order valence-corrected chi connectivity index (χ1v) is 7.38. The molecular weight excluding hydrogens is 228 g/mol. The van der Waals surface area contributed by atoms with Crippen LogP contribution in [0.2, 0.25) is 0 Å². The number of ether oxygens (including phenoxy) is 2. The zero-order chi connectivity index (χ0) is 13.0. The molecule has 0 amide bonds. The minimum atomic E-state index is 0.140. The fourth-order valence-electron chi connectivity index (χ4n) is 3.29. The van der Waals surface area contributed by atoms with Crippen LogP contribution in [0, 0.1) is 0 Å². The van der Waals surface area contributed by atoms with Crippen molar-refractivity contribution in [1.29, 1.82) is 0 Å². The van der Waals surface area contributed by atoms with E-state index in [-0.39, 0.29) is 5.54 Å². The van der Waals surface area contributed by atoms with E-state index in [1.54, 1.807) is 0 Å². The van der Waals surface area contributed by atoms with E-state index < -0.39 is 0 Å². The normalized spacial score (nSPS) is 39.5. The first-order valence-electron chi connectivity index (χ1n) is 7.38. The van der Waals surface area contributed by atoms with Crippen molar-refractivity contribution in [2.45, 2.75) is 57.3 Å². The molecule has 0 bridgehead atoms. The Morgan fingerprint density at radius 3 is 2.89 bits per heavy atom. The van der Waals surface area contributed by atoms with Gasteiger partial charge < -0.3 is 15.2 Å². The van der Waals surface area contributed by atoms with Crippen molar-refractivity contribution in [3.05, 3.63) is 0 Å². The Bertz CT molecular complexity index is 262. The van der Waals surface area contributed by atoms with Crippen molar-refractivity contribution in [2.24, 2.45) is 5.73 Å². The minimum absolute atomic E-state index is 0.140. The molecule has 3 unspecified atom stereocenters. The molecule has 0 radical (unpaired) electrons. The second-order valence-electron chi connectivity index (χ2n) is 5.76. The Hall–Kier alpha value is -0.160. The molecule has 3 atom stereocenters. The second-order valence-corrected chi connectivity index (χ2v) is 5.76. The summed E-state index contributed by atoms with van der Waals surface area (Å²) in [6, 6.07) is 0. The smallest absolute Gasteiger partial charge is 0.0674 e. The highest BCUT2D eigenvalue weighted by Crippen LogP contribution is 2.32. The summed E-state index contributed by atoms with van der Waals surface area (Å²) < 4.78 is 11.6. The van der Waals surface area contributed by atoms with Gasteiger partial charge in [-0.3, -0.25) is 4.90 Å². The van der Waals surface area contributed by atoms with Crippen LogP contribution >= 0.6 is 0 Å². The van der Waals surface area contributed by atoms with Gasteiger partial charge in [-0.05, 0) is 32.6 Å². The average Bonchev–Trinajstić information content (AvgIpc) is 2.63. The van der Waals surface area contributed by atoms with Crippen LogP contribution in [0.25, 0.3) is 0 Å². The maximum absolute atomic E-state index is 6.14. The third-order valence-corrected chi connectivity index (χ3v) is 4.49. The highest BCUT2D eigenvalue weighted by molar-refractivity contribution is 4.97. The van der Waals surface area contributed by atoms with Gasteiger partial charge in [-0.25, -0.2) is 0 Å². The third kappa shape index (κ3) is 3.05. The highest BCUT2D eigenvalue weighted by Gasteiger charge is 2.41. The van der Waals surface area contributed by atoms with Crippen LogP contribution in [0.4, 0.5) is 0 Å². The zero-order valence-corrected chi connectivity index (χ0v) is 11.9. The van der Waals surface area contributed by atoms with Crippen LogP contribution < -0.4 is 5.73 Å². The van der Waals surface area contributed by atoms with E-state index >= 15 is 0 Å². The number of rotatable bonds is 3. The van der Waals surface area contributed by atoms with Crippen molar-refractivity contribution in [3.8, 4) is 0 Å². The summed E-state index contributed by atoms with van der Waals surface area (Å²) in [6.45, 7) is 8.95. The summed E-state index contributed by atoms with van der Waals surface area (Å²) in [4.78, 5) is 2.58. The molecule has 2 aliphatic heterocycles. The summed E-state index contributed by atoms with van der Waals surface area (Å²) in [5, 5.41) is 0. The van der Waals surface area contributed by atoms with Gasteiger partial charge in [0.05, 0.1) is 12.2 Å². The molecule has 2 heterocycles. The molecule has 0 aromatic heterocycles. The summed E-state index contributed by atoms with van der Waals surface area (Å²) >= 11 is 0. The van der Waals surface area contributed by atoms with Crippen molar-refractivity contribution in [2.75, 3.05) is 32.8 Å². The quantitative estimate of drug-likeness (QED) is 0.829. The molecule has 4 heteroatoms. The zero-order valence-electron chi connectivity index (χ0n) is 11.9. The van der Waals surface area contributed by atoms with E-state index in [0.717, 1.165) is 58.5 Å². The largest absolute Gasteiger partial charge is 0.378 e. The van der Waals surface area contributed by atoms with Crippen molar-refractivity contribution in [1.82, 2.24) is 4.90 Å². The van der Waals surface area contributed by atoms with Crippen molar-refractivity contribution in [3.63, 3.8) is 0 Å². The molecule has 2 fully saturated rings. The van der Waals surface area contributed by atoms with Crippen LogP contribution in [-0.2, 0) is 9.47 Å². The predicted molar refractivity (Wildman–Crippen MR) is 72.7 cm³/mol. The van der Waals surface area contributed by atoms with Crippen LogP contribution in [0.1, 0.15) is 39.5 Å². The van der Waals surface area contributed by atoms with Gasteiger partial charge in [-0.2, -0.15) is 0 Å². The van der Waals surface area contributed by atoms with Gasteiger partial charge in [0.1, 0.15) is 0 Å². The van der Waals surface area contributed by atoms with Gasteiger partial charge in [0.25, 0.3) is 0 Å². The maximum Gasteiger partial charge on any atom is 0.0674 e. The molecule has 2 N–H and O–H groups in total. The monoisotopic (exact) mass is 256 g/mol. The van der Waals surface area contributed by atoms with Crippen LogP contribution in [0.5, 0.6) is 0 Å². The molecule has 2 saturated heterocycles. The Morgan fingerprint density at radius 2 is 2.17 bits per heavy atom. The van der Waals surface area contributed by atoms with Gasteiger partial charge in [0.15, 0.2) is 0 Å². The van der Waals surface area contributed by atoms with Gasteiger partial charge >= 0.3 is 0 Å². The lowest BCUT2D eigenvalue weighted by Crippen LogP contribution is -2.59. The van der Waals surface area contributed by atoms with Crippen molar-refractivity contribution >= 4 is 0 Å². The van der Waals surface area contributed by atoms with Gasteiger partial charge in [0.2, 0.25) is 0 Å². The molecule has 0 saturated carbocycles. The lowest BCUT2D eigenvalue weighted by molar-refractivity contribution is -0.0762. The molecule has 0 aliphatic carbocycles. The van der Waals surface area contributed by atoms with E-state index in [4.69, 9.17) is 15.2 Å². The molecular formula is C14H28N2O2. The second kappa shape index (κ2) is 6.33. The van der Waals surface area contributed by atoms with E-state index in [9.17, 15) is 0 Å². The average molecular weight is 256 g/mol. The van der Waals surface area contributed by atoms with Crippen LogP contribution in [0.15, 0.2) is 0 Å². The molecule has 0 aromatic carbocycles. The summed E-state index contributed by atoms with van der Waals surface area (Å²) in [5.41, 5.74) is 6.28. The maximum atomic E-state index is 6.14. The Labute approximate surface area is 111 Å². The minimum Gasteiger partial charge on any atom is -0.378 e. The van der Waals surface area contributed by atoms with Crippen LogP contribution in [-0.4, -0.2) is 55.5 Å². The fraction of sp³-hybridized carbons (Fsp3) is 1.00. The number of hydrogen-bond acceptors (Lipinski definition) is 4. The molecule has 18 heavy (non-hydrogen) atoms. The van der Waals surface area contributed by atoms with Gasteiger partial charge in [0, 0.05) is 38.4 Å². The molecule has 2 rings (SSSR count). The molecule has 2 aliphatic rings. The predicted octanol–water partition coefficient (Wildman–Crippen LogP) is 1.38. The standard InChI is InChI=1S/C14H28N2O2/c1-3-13-9-14(11-15,5-8-18-13)16-6-4-7-17-12(2)10-16/h12-13H,3-11,15H2,1-2H3. The molecule has 106 valence electrons. The molecule has 0 aromatic rings. The Kier molecular flexibility index (Phi) is 5.01. The lowest BCUT2D eigenvalue weighted by atomic mass is 9.83.